The second-order valence-electron chi connectivity index (χ2n) is 11.1. The van der Waals surface area contributed by atoms with Crippen molar-refractivity contribution >= 4 is 34.1 Å². The van der Waals surface area contributed by atoms with Crippen molar-refractivity contribution in [2.45, 2.75) is 56.7 Å². The van der Waals surface area contributed by atoms with E-state index in [4.69, 9.17) is 21.1 Å². The molecule has 4 fully saturated rings. The monoisotopic (exact) mass is 501 g/mol. The third-order valence-corrected chi connectivity index (χ3v) is 9.40. The first-order chi connectivity index (χ1) is 16.9. The third-order valence-electron chi connectivity index (χ3n) is 9.07. The quantitative estimate of drug-likeness (QED) is 0.642. The highest BCUT2D eigenvalue weighted by Crippen LogP contribution is 2.59. The predicted octanol–water partition coefficient (Wildman–Crippen LogP) is 4.95. The van der Waals surface area contributed by atoms with Gasteiger partial charge in [-0.2, -0.15) is 0 Å². The molecule has 1 aromatic heterocycles. The summed E-state index contributed by atoms with van der Waals surface area (Å²) in [4.78, 5) is 19.6. The van der Waals surface area contributed by atoms with Crippen LogP contribution >= 0.6 is 11.6 Å². The van der Waals surface area contributed by atoms with E-state index in [1.165, 1.54) is 0 Å². The summed E-state index contributed by atoms with van der Waals surface area (Å²) in [6.45, 7) is 5.77. The molecule has 6 rings (SSSR count). The van der Waals surface area contributed by atoms with Crippen LogP contribution < -0.4 is 5.32 Å². The second kappa shape index (κ2) is 8.94. The van der Waals surface area contributed by atoms with E-state index in [-0.39, 0.29) is 23.8 Å². The number of nitrogens with zero attached hydrogens (tertiary/aromatic N) is 2. The number of amides is 1. The Morgan fingerprint density at radius 2 is 1.94 bits per heavy atom. The van der Waals surface area contributed by atoms with Gasteiger partial charge in [0.05, 0.1) is 18.8 Å². The molecule has 4 aliphatic rings. The van der Waals surface area contributed by atoms with Gasteiger partial charge < -0.3 is 14.8 Å². The summed E-state index contributed by atoms with van der Waals surface area (Å²) in [7, 11) is 0. The molecule has 1 amide bonds. The zero-order valence-electron chi connectivity index (χ0n) is 20.2. The summed E-state index contributed by atoms with van der Waals surface area (Å²) in [5.74, 6) is 1.03. The van der Waals surface area contributed by atoms with Gasteiger partial charge in [0.2, 0.25) is 5.91 Å². The lowest BCUT2D eigenvalue weighted by molar-refractivity contribution is -0.118. The Morgan fingerprint density at radius 3 is 2.66 bits per heavy atom. The highest BCUT2D eigenvalue weighted by atomic mass is 35.5. The molecule has 0 radical (unpaired) electrons. The normalized spacial score (nSPS) is 31.2. The number of hydrogen-bond donors (Lipinski definition) is 1. The van der Waals surface area contributed by atoms with Crippen molar-refractivity contribution in [1.82, 2.24) is 9.88 Å². The molecule has 6 nitrogen and oxygen atoms in total. The summed E-state index contributed by atoms with van der Waals surface area (Å²) >= 11 is 6.71. The van der Waals surface area contributed by atoms with E-state index in [1.54, 1.807) is 6.20 Å². The Hall–Kier alpha value is -1.80. The molecule has 4 heterocycles. The first-order valence-electron chi connectivity index (χ1n) is 12.8. The van der Waals surface area contributed by atoms with Crippen LogP contribution in [0.15, 0.2) is 24.4 Å². The van der Waals surface area contributed by atoms with Crippen LogP contribution in [0, 0.1) is 11.3 Å². The second-order valence-corrected chi connectivity index (χ2v) is 11.5. The van der Waals surface area contributed by atoms with Gasteiger partial charge in [0, 0.05) is 35.7 Å². The Bertz CT molecular complexity index is 1130. The molecule has 3 saturated heterocycles. The number of fused-ring (bicyclic) bond motifs is 1. The number of nitrogens with one attached hydrogen (secondary N) is 1. The Morgan fingerprint density at radius 1 is 1.17 bits per heavy atom. The van der Waals surface area contributed by atoms with E-state index >= 15 is 0 Å². The molecule has 3 atom stereocenters. The van der Waals surface area contributed by atoms with E-state index < -0.39 is 11.7 Å². The lowest BCUT2D eigenvalue weighted by Crippen LogP contribution is -2.55. The number of likely N-dealkylation sites (tertiary alicyclic amines) is 1. The van der Waals surface area contributed by atoms with E-state index in [9.17, 15) is 9.18 Å². The van der Waals surface area contributed by atoms with Gasteiger partial charge in [0.15, 0.2) is 0 Å². The fraction of sp³-hybridized carbons (Fsp3) is 0.630. The van der Waals surface area contributed by atoms with Crippen LogP contribution in [-0.4, -0.2) is 67.0 Å². The molecule has 3 aliphatic heterocycles. The highest BCUT2D eigenvalue weighted by molar-refractivity contribution is 6.32. The lowest BCUT2D eigenvalue weighted by atomic mass is 9.85. The van der Waals surface area contributed by atoms with Gasteiger partial charge >= 0.3 is 0 Å². The maximum atomic E-state index is 14.5. The number of alkyl halides is 1. The number of carbonyl (C=O) groups excluding carboxylic acids is 1. The number of anilines is 1. The average Bonchev–Trinajstić information content (AvgIpc) is 3.44. The fourth-order valence-corrected chi connectivity index (χ4v) is 6.78. The summed E-state index contributed by atoms with van der Waals surface area (Å²) in [5, 5.41) is 5.77. The molecule has 1 saturated carbocycles. The minimum absolute atomic E-state index is 0.0610. The molecule has 35 heavy (non-hydrogen) atoms. The maximum Gasteiger partial charge on any atom is 0.229 e. The highest BCUT2D eigenvalue weighted by Gasteiger charge is 2.58. The number of piperidine rings is 1. The van der Waals surface area contributed by atoms with Gasteiger partial charge in [-0.3, -0.25) is 9.69 Å². The van der Waals surface area contributed by atoms with Gasteiger partial charge in [-0.25, -0.2) is 9.37 Å². The van der Waals surface area contributed by atoms with Crippen molar-refractivity contribution in [2.75, 3.05) is 44.8 Å². The zero-order valence-corrected chi connectivity index (χ0v) is 21.0. The molecule has 1 N–H and O–H groups in total. The fourth-order valence-electron chi connectivity index (χ4n) is 6.46. The van der Waals surface area contributed by atoms with Crippen molar-refractivity contribution in [3.05, 3.63) is 35.0 Å². The van der Waals surface area contributed by atoms with Crippen molar-refractivity contribution < 1.29 is 18.7 Å². The van der Waals surface area contributed by atoms with Crippen molar-refractivity contribution in [3.8, 4) is 0 Å². The number of pyridine rings is 1. The zero-order chi connectivity index (χ0) is 24.2. The standard InChI is InChI=1S/C27H33ClFN3O3/c1-26(16-35-15-23(26)29)32-6-2-17(3-7-32)20-10-18-12-24(30-14-19(18)11-22(20)28)31-25(33)21-13-27(21)4-8-34-9-5-27/h10-12,14,17,21,23H,2-9,13,15-16H2,1H3,(H,30,31,33)/t21-,23+,26-/m0/s1. The molecule has 1 aliphatic carbocycles. The number of hydrogen-bond acceptors (Lipinski definition) is 5. The molecule has 188 valence electrons. The largest absolute Gasteiger partial charge is 0.381 e. The summed E-state index contributed by atoms with van der Waals surface area (Å²) < 4.78 is 25.4. The maximum absolute atomic E-state index is 14.5. The first-order valence-corrected chi connectivity index (χ1v) is 13.2. The SMILES string of the molecule is C[C@]1(N2CCC(c3cc4cc(NC(=O)[C@@H]5CC56CCOCC6)ncc4cc3Cl)CC2)COC[C@H]1F. The minimum Gasteiger partial charge on any atom is -0.381 e. The number of rotatable bonds is 4. The number of aromatic nitrogens is 1. The number of halogens is 2. The number of ether oxygens (including phenoxy) is 2. The van der Waals surface area contributed by atoms with Crippen LogP contribution in [0.25, 0.3) is 10.8 Å². The van der Waals surface area contributed by atoms with Gasteiger partial charge in [0.1, 0.15) is 12.0 Å². The van der Waals surface area contributed by atoms with E-state index in [1.807, 2.05) is 19.1 Å². The van der Waals surface area contributed by atoms with Crippen LogP contribution in [0.3, 0.4) is 0 Å². The Labute approximate surface area is 210 Å². The van der Waals surface area contributed by atoms with Crippen molar-refractivity contribution in [3.63, 3.8) is 0 Å². The molecular weight excluding hydrogens is 469 g/mol. The number of carbonyl (C=O) groups is 1. The molecule has 1 aromatic carbocycles. The first kappa shape index (κ1) is 23.6. The molecule has 0 unspecified atom stereocenters. The smallest absolute Gasteiger partial charge is 0.229 e. The minimum atomic E-state index is -0.943. The van der Waals surface area contributed by atoms with Gasteiger partial charge in [-0.05, 0) is 92.6 Å². The van der Waals surface area contributed by atoms with E-state index in [0.29, 0.717) is 18.3 Å². The third kappa shape index (κ3) is 4.24. The Kier molecular flexibility index (Phi) is 6.03. The summed E-state index contributed by atoms with van der Waals surface area (Å²) in [6, 6.07) is 6.06. The molecule has 1 spiro atoms. The summed E-state index contributed by atoms with van der Waals surface area (Å²) in [5.41, 5.74) is 0.732. The van der Waals surface area contributed by atoms with Crippen LogP contribution in [-0.2, 0) is 14.3 Å². The van der Waals surface area contributed by atoms with Crippen molar-refractivity contribution in [2.24, 2.45) is 11.3 Å². The molecule has 8 heteroatoms. The van der Waals surface area contributed by atoms with E-state index in [2.05, 4.69) is 21.3 Å². The van der Waals surface area contributed by atoms with Gasteiger partial charge in [-0.1, -0.05) is 11.6 Å². The predicted molar refractivity (Wildman–Crippen MR) is 134 cm³/mol. The van der Waals surface area contributed by atoms with Crippen LogP contribution in [0.2, 0.25) is 5.02 Å². The summed E-state index contributed by atoms with van der Waals surface area (Å²) in [6.07, 6.45) is 5.57. The molecule has 2 aromatic rings. The van der Waals surface area contributed by atoms with Gasteiger partial charge in [-0.15, -0.1) is 0 Å². The molecular formula is C27H33ClFN3O3. The average molecular weight is 502 g/mol. The Balaban J connectivity index is 1.15. The topological polar surface area (TPSA) is 63.7 Å². The van der Waals surface area contributed by atoms with Crippen LogP contribution in [0.4, 0.5) is 10.2 Å². The van der Waals surface area contributed by atoms with Crippen LogP contribution in [0.5, 0.6) is 0 Å². The van der Waals surface area contributed by atoms with E-state index in [0.717, 1.165) is 79.8 Å². The van der Waals surface area contributed by atoms with Gasteiger partial charge in [0.25, 0.3) is 0 Å². The van der Waals surface area contributed by atoms with Crippen molar-refractivity contribution in [1.29, 1.82) is 0 Å². The lowest BCUT2D eigenvalue weighted by Gasteiger charge is -2.43. The number of benzene rings is 1. The molecule has 0 bridgehead atoms. The van der Waals surface area contributed by atoms with Crippen LogP contribution in [0.1, 0.15) is 50.5 Å².